The molecule has 0 radical (unpaired) electrons. The van der Waals surface area contributed by atoms with Gasteiger partial charge in [-0.05, 0) is 58.8 Å². The van der Waals surface area contributed by atoms with E-state index in [2.05, 4.69) is 131 Å². The predicted octanol–water partition coefficient (Wildman–Crippen LogP) is 7.66. The fraction of sp³-hybridized carbons (Fsp3) is 0.333. The van der Waals surface area contributed by atoms with E-state index in [1.165, 1.54) is 48.2 Å². The molecule has 0 heterocycles. The molecule has 2 aliphatic rings. The first-order chi connectivity index (χ1) is 18.8. The number of hydrogen-bond donors (Lipinski definition) is 0. The van der Waals surface area contributed by atoms with E-state index in [1.807, 2.05) is 0 Å². The van der Waals surface area contributed by atoms with Crippen LogP contribution in [0.25, 0.3) is 0 Å². The van der Waals surface area contributed by atoms with Gasteiger partial charge >= 0.3 is 0 Å². The normalized spacial score (nSPS) is 22.1. The summed E-state index contributed by atoms with van der Waals surface area (Å²) < 4.78 is 0. The van der Waals surface area contributed by atoms with E-state index >= 15 is 0 Å². The Balaban J connectivity index is 1.05. The zero-order chi connectivity index (χ0) is 25.6. The standard InChI is InChI=1S/C36H40N2/c1-5-13-29(14-6-1)23-37(24-30-15-7-2-8-16-30)27-33-21-35(33)36-22-34(36)28-38(25-31-17-9-3-10-18-31)26-32-19-11-4-12-20-32/h1-20,33-36H,21-28H2. The van der Waals surface area contributed by atoms with Crippen LogP contribution in [-0.2, 0) is 26.2 Å². The van der Waals surface area contributed by atoms with Gasteiger partial charge < -0.3 is 0 Å². The van der Waals surface area contributed by atoms with Crippen LogP contribution < -0.4 is 0 Å². The lowest BCUT2D eigenvalue weighted by molar-refractivity contribution is 0.230. The van der Waals surface area contributed by atoms with Crippen molar-refractivity contribution in [2.45, 2.75) is 39.0 Å². The van der Waals surface area contributed by atoms with Gasteiger partial charge in [0.05, 0.1) is 0 Å². The Morgan fingerprint density at radius 2 is 0.658 bits per heavy atom. The van der Waals surface area contributed by atoms with E-state index in [4.69, 9.17) is 0 Å². The van der Waals surface area contributed by atoms with Crippen LogP contribution in [0.15, 0.2) is 121 Å². The molecule has 194 valence electrons. The Hall–Kier alpha value is -3.20. The van der Waals surface area contributed by atoms with Gasteiger partial charge in [-0.15, -0.1) is 0 Å². The summed E-state index contributed by atoms with van der Waals surface area (Å²) in [6.45, 7) is 6.58. The maximum Gasteiger partial charge on any atom is 0.0237 e. The Morgan fingerprint density at radius 3 is 0.921 bits per heavy atom. The van der Waals surface area contributed by atoms with Crippen molar-refractivity contribution in [2.24, 2.45) is 23.7 Å². The van der Waals surface area contributed by atoms with Gasteiger partial charge in [-0.25, -0.2) is 0 Å². The summed E-state index contributed by atoms with van der Waals surface area (Å²) in [7, 11) is 0. The van der Waals surface area contributed by atoms with Gasteiger partial charge in [0.25, 0.3) is 0 Å². The van der Waals surface area contributed by atoms with Crippen molar-refractivity contribution < 1.29 is 0 Å². The zero-order valence-electron chi connectivity index (χ0n) is 22.4. The molecule has 2 aliphatic carbocycles. The average molecular weight is 501 g/mol. The molecule has 38 heavy (non-hydrogen) atoms. The van der Waals surface area contributed by atoms with Crippen molar-refractivity contribution in [3.8, 4) is 0 Å². The third-order valence-corrected chi connectivity index (χ3v) is 8.49. The molecule has 4 unspecified atom stereocenters. The fourth-order valence-electron chi connectivity index (χ4n) is 6.41. The van der Waals surface area contributed by atoms with Gasteiger partial charge in [0.1, 0.15) is 0 Å². The van der Waals surface area contributed by atoms with Gasteiger partial charge in [0, 0.05) is 39.3 Å². The van der Waals surface area contributed by atoms with Crippen LogP contribution in [0.4, 0.5) is 0 Å². The minimum Gasteiger partial charge on any atom is -0.295 e. The maximum atomic E-state index is 2.68. The lowest BCUT2D eigenvalue weighted by Crippen LogP contribution is -2.26. The third kappa shape index (κ3) is 7.01. The highest BCUT2D eigenvalue weighted by Gasteiger charge is 2.53. The Kier molecular flexibility index (Phi) is 8.00. The van der Waals surface area contributed by atoms with E-state index in [0.29, 0.717) is 0 Å². The highest BCUT2D eigenvalue weighted by atomic mass is 15.1. The molecular formula is C36H40N2. The SMILES string of the molecule is c1ccc(CN(Cc2ccccc2)CC2CC2C2CC2CN(Cc2ccccc2)Cc2ccccc2)cc1. The predicted molar refractivity (Wildman–Crippen MR) is 157 cm³/mol. The first-order valence-corrected chi connectivity index (χ1v) is 14.4. The summed E-state index contributed by atoms with van der Waals surface area (Å²) in [4.78, 5) is 5.37. The monoisotopic (exact) mass is 500 g/mol. The molecule has 4 atom stereocenters. The minimum atomic E-state index is 0.856. The second kappa shape index (κ2) is 12.1. The van der Waals surface area contributed by atoms with Crippen molar-refractivity contribution in [3.05, 3.63) is 144 Å². The molecule has 2 saturated carbocycles. The first kappa shape index (κ1) is 25.1. The summed E-state index contributed by atoms with van der Waals surface area (Å²) in [5.41, 5.74) is 5.68. The van der Waals surface area contributed by atoms with Gasteiger partial charge in [0.15, 0.2) is 0 Å². The molecule has 0 aromatic heterocycles. The molecule has 2 nitrogen and oxygen atoms in total. The zero-order valence-corrected chi connectivity index (χ0v) is 22.4. The molecule has 4 aromatic rings. The summed E-state index contributed by atoms with van der Waals surface area (Å²) >= 11 is 0. The number of nitrogens with zero attached hydrogens (tertiary/aromatic N) is 2. The van der Waals surface area contributed by atoms with E-state index in [0.717, 1.165) is 49.9 Å². The lowest BCUT2D eigenvalue weighted by Gasteiger charge is -2.24. The number of rotatable bonds is 13. The lowest BCUT2D eigenvalue weighted by atomic mass is 10.1. The van der Waals surface area contributed by atoms with E-state index < -0.39 is 0 Å². The van der Waals surface area contributed by atoms with Crippen molar-refractivity contribution >= 4 is 0 Å². The third-order valence-electron chi connectivity index (χ3n) is 8.49. The molecule has 0 spiro atoms. The van der Waals surface area contributed by atoms with E-state index in [1.54, 1.807) is 0 Å². The Bertz CT molecular complexity index is 1060. The van der Waals surface area contributed by atoms with E-state index in [9.17, 15) is 0 Å². The van der Waals surface area contributed by atoms with Crippen LogP contribution >= 0.6 is 0 Å². The molecule has 2 heteroatoms. The molecule has 0 amide bonds. The molecular weight excluding hydrogens is 460 g/mol. The van der Waals surface area contributed by atoms with Crippen molar-refractivity contribution in [2.75, 3.05) is 13.1 Å². The van der Waals surface area contributed by atoms with Gasteiger partial charge in [-0.2, -0.15) is 0 Å². The first-order valence-electron chi connectivity index (χ1n) is 14.4. The second-order valence-corrected chi connectivity index (χ2v) is 11.6. The largest absolute Gasteiger partial charge is 0.295 e. The van der Waals surface area contributed by atoms with Crippen molar-refractivity contribution in [1.82, 2.24) is 9.80 Å². The summed E-state index contributed by atoms with van der Waals surface area (Å²) in [6, 6.07) is 44.0. The molecule has 4 aromatic carbocycles. The summed E-state index contributed by atoms with van der Waals surface area (Å²) in [5.74, 6) is 3.55. The van der Waals surface area contributed by atoms with Crippen LogP contribution in [0.5, 0.6) is 0 Å². The Morgan fingerprint density at radius 1 is 0.395 bits per heavy atom. The average Bonchev–Trinajstić information content (AvgIpc) is 3.88. The highest BCUT2D eigenvalue weighted by Crippen LogP contribution is 2.58. The smallest absolute Gasteiger partial charge is 0.0237 e. The van der Waals surface area contributed by atoms with Crippen molar-refractivity contribution in [3.63, 3.8) is 0 Å². The molecule has 2 fully saturated rings. The highest BCUT2D eigenvalue weighted by molar-refractivity contribution is 5.19. The van der Waals surface area contributed by atoms with Gasteiger partial charge in [0.2, 0.25) is 0 Å². The van der Waals surface area contributed by atoms with Crippen LogP contribution in [0.2, 0.25) is 0 Å². The van der Waals surface area contributed by atoms with Crippen LogP contribution in [0, 0.1) is 23.7 Å². The molecule has 0 aliphatic heterocycles. The van der Waals surface area contributed by atoms with Crippen LogP contribution in [-0.4, -0.2) is 22.9 Å². The maximum absolute atomic E-state index is 2.68. The molecule has 0 bridgehead atoms. The minimum absolute atomic E-state index is 0.856. The topological polar surface area (TPSA) is 6.48 Å². The summed E-state index contributed by atoms with van der Waals surface area (Å²) in [5, 5.41) is 0. The molecule has 0 N–H and O–H groups in total. The van der Waals surface area contributed by atoms with Crippen LogP contribution in [0.1, 0.15) is 35.1 Å². The number of hydrogen-bond acceptors (Lipinski definition) is 2. The van der Waals surface area contributed by atoms with Crippen molar-refractivity contribution in [1.29, 1.82) is 0 Å². The van der Waals surface area contributed by atoms with Gasteiger partial charge in [-0.1, -0.05) is 121 Å². The fourth-order valence-corrected chi connectivity index (χ4v) is 6.41. The summed E-state index contributed by atoms with van der Waals surface area (Å²) in [6.07, 6.45) is 2.83. The second-order valence-electron chi connectivity index (χ2n) is 11.6. The van der Waals surface area contributed by atoms with Crippen LogP contribution in [0.3, 0.4) is 0 Å². The molecule has 0 saturated heterocycles. The molecule has 6 rings (SSSR count). The van der Waals surface area contributed by atoms with Gasteiger partial charge in [-0.3, -0.25) is 9.80 Å². The quantitative estimate of drug-likeness (QED) is 0.186. The number of benzene rings is 4. The Labute approximate surface area is 228 Å². The van der Waals surface area contributed by atoms with E-state index in [-0.39, 0.29) is 0 Å².